The Morgan fingerprint density at radius 2 is 1.86 bits per heavy atom. The van der Waals surface area contributed by atoms with E-state index in [0.717, 1.165) is 31.4 Å². The van der Waals surface area contributed by atoms with Crippen molar-refractivity contribution in [2.75, 3.05) is 11.9 Å². The molecule has 1 aliphatic heterocycles. The summed E-state index contributed by atoms with van der Waals surface area (Å²) in [7, 11) is -4.06. The molecule has 1 fully saturated rings. The van der Waals surface area contributed by atoms with Crippen molar-refractivity contribution in [1.29, 1.82) is 0 Å². The van der Waals surface area contributed by atoms with Gasteiger partial charge in [-0.2, -0.15) is 4.31 Å². The molecule has 1 atom stereocenters. The Balaban J connectivity index is 1.92. The van der Waals surface area contributed by atoms with Crippen LogP contribution in [-0.2, 0) is 10.0 Å². The lowest BCUT2D eigenvalue weighted by atomic mass is 10.0. The minimum Gasteiger partial charge on any atom is -0.322 e. The number of carbonyl (C=O) groups is 1. The minimum atomic E-state index is -4.06. The van der Waals surface area contributed by atoms with Crippen molar-refractivity contribution in [2.24, 2.45) is 0 Å². The van der Waals surface area contributed by atoms with E-state index in [2.05, 4.69) is 5.32 Å². The molecule has 0 radical (unpaired) electrons. The van der Waals surface area contributed by atoms with Gasteiger partial charge in [-0.15, -0.1) is 0 Å². The molecule has 0 saturated carbocycles. The van der Waals surface area contributed by atoms with Crippen molar-refractivity contribution >= 4 is 44.8 Å². The maximum Gasteiger partial charge on any atom is 0.255 e. The molecule has 0 spiro atoms. The molecule has 1 unspecified atom stereocenters. The number of sulfonamides is 1. The molecular weight excluding hydrogens is 438 g/mol. The molecule has 3 rings (SSSR count). The second kappa shape index (κ2) is 9.00. The van der Waals surface area contributed by atoms with Gasteiger partial charge in [0, 0.05) is 33.9 Å². The Bertz CT molecular complexity index is 1010. The summed E-state index contributed by atoms with van der Waals surface area (Å²) in [6, 6.07) is 7.68. The van der Waals surface area contributed by atoms with Gasteiger partial charge >= 0.3 is 0 Å². The van der Waals surface area contributed by atoms with E-state index >= 15 is 0 Å². The van der Waals surface area contributed by atoms with E-state index in [1.165, 1.54) is 28.6 Å². The smallest absolute Gasteiger partial charge is 0.255 e. The number of nitrogens with one attached hydrogen (secondary N) is 1. The molecule has 0 aromatic heterocycles. The van der Waals surface area contributed by atoms with Gasteiger partial charge in [0.05, 0.1) is 0 Å². The highest BCUT2D eigenvalue weighted by atomic mass is 35.5. The number of benzene rings is 2. The molecule has 0 aliphatic carbocycles. The first-order valence-electron chi connectivity index (χ1n) is 9.31. The lowest BCUT2D eigenvalue weighted by Gasteiger charge is -2.34. The standard InChI is InChI=1S/C20H21Cl2FN2O3S/c1-2-17-5-3-4-8-25(17)29(27,28)19-9-13(6-7-18(19)23)20(26)24-16-11-14(21)10-15(22)12-16/h6-7,9-12,17H,2-5,8H2,1H3,(H,24,26). The molecule has 2 aromatic carbocycles. The van der Waals surface area contributed by atoms with Crippen molar-refractivity contribution < 1.29 is 17.6 Å². The monoisotopic (exact) mass is 458 g/mol. The number of rotatable bonds is 5. The number of nitrogens with zero attached hydrogens (tertiary/aromatic N) is 1. The van der Waals surface area contributed by atoms with Crippen LogP contribution in [0.3, 0.4) is 0 Å². The second-order valence-corrected chi connectivity index (χ2v) is 9.66. The molecule has 1 amide bonds. The predicted molar refractivity (Wildman–Crippen MR) is 113 cm³/mol. The summed E-state index contributed by atoms with van der Waals surface area (Å²) in [6.07, 6.45) is 3.06. The molecule has 5 nitrogen and oxygen atoms in total. The summed E-state index contributed by atoms with van der Waals surface area (Å²) in [6.45, 7) is 2.26. The highest BCUT2D eigenvalue weighted by Gasteiger charge is 2.34. The zero-order valence-electron chi connectivity index (χ0n) is 15.8. The van der Waals surface area contributed by atoms with Gasteiger partial charge in [0.1, 0.15) is 10.7 Å². The number of hydrogen-bond donors (Lipinski definition) is 1. The van der Waals surface area contributed by atoms with E-state index < -0.39 is 26.6 Å². The fourth-order valence-corrected chi connectivity index (χ4v) is 5.88. The molecule has 1 heterocycles. The summed E-state index contributed by atoms with van der Waals surface area (Å²) < 4.78 is 42.1. The molecule has 1 N–H and O–H groups in total. The van der Waals surface area contributed by atoms with E-state index in [4.69, 9.17) is 23.2 Å². The average Bonchev–Trinajstić information content (AvgIpc) is 2.67. The number of anilines is 1. The molecular formula is C20H21Cl2FN2O3S. The fraction of sp³-hybridized carbons (Fsp3) is 0.350. The van der Waals surface area contributed by atoms with Gasteiger partial charge in [-0.3, -0.25) is 4.79 Å². The highest BCUT2D eigenvalue weighted by Crippen LogP contribution is 2.29. The van der Waals surface area contributed by atoms with Crippen LogP contribution in [0.5, 0.6) is 0 Å². The maximum atomic E-state index is 14.5. The summed E-state index contributed by atoms with van der Waals surface area (Å²) in [5.74, 6) is -1.47. The van der Waals surface area contributed by atoms with Crippen molar-refractivity contribution in [3.05, 3.63) is 57.8 Å². The van der Waals surface area contributed by atoms with Gasteiger partial charge in [-0.25, -0.2) is 12.8 Å². The van der Waals surface area contributed by atoms with E-state index in [9.17, 15) is 17.6 Å². The predicted octanol–water partition coefficient (Wildman–Crippen LogP) is 5.34. The van der Waals surface area contributed by atoms with Crippen molar-refractivity contribution in [2.45, 2.75) is 43.5 Å². The first-order valence-corrected chi connectivity index (χ1v) is 11.5. The van der Waals surface area contributed by atoms with Crippen LogP contribution in [0.25, 0.3) is 0 Å². The third-order valence-electron chi connectivity index (χ3n) is 4.94. The topological polar surface area (TPSA) is 66.5 Å². The third kappa shape index (κ3) is 4.91. The van der Waals surface area contributed by atoms with Gasteiger partial charge in [-0.05, 0) is 55.7 Å². The molecule has 1 aliphatic rings. The molecule has 9 heteroatoms. The quantitative estimate of drug-likeness (QED) is 0.657. The van der Waals surface area contributed by atoms with Crippen molar-refractivity contribution in [3.63, 3.8) is 0 Å². The minimum absolute atomic E-state index is 0.0196. The fourth-order valence-electron chi connectivity index (χ4n) is 3.50. The number of amides is 1. The van der Waals surface area contributed by atoms with Crippen LogP contribution in [0.1, 0.15) is 43.0 Å². The summed E-state index contributed by atoms with van der Waals surface area (Å²) in [5, 5.41) is 3.28. The van der Waals surface area contributed by atoms with Crippen LogP contribution in [0.2, 0.25) is 10.0 Å². The molecule has 1 saturated heterocycles. The summed E-state index contributed by atoms with van der Waals surface area (Å²) in [4.78, 5) is 12.1. The second-order valence-electron chi connectivity index (χ2n) is 6.93. The molecule has 29 heavy (non-hydrogen) atoms. The number of halogens is 3. The normalized spacial score (nSPS) is 17.9. The average molecular weight is 459 g/mol. The van der Waals surface area contributed by atoms with Gasteiger partial charge in [0.15, 0.2) is 0 Å². The molecule has 0 bridgehead atoms. The van der Waals surface area contributed by atoms with Crippen molar-refractivity contribution in [3.8, 4) is 0 Å². The van der Waals surface area contributed by atoms with E-state index in [1.54, 1.807) is 0 Å². The van der Waals surface area contributed by atoms with E-state index in [-0.39, 0.29) is 11.6 Å². The van der Waals surface area contributed by atoms with Gasteiger partial charge in [0.2, 0.25) is 10.0 Å². The SMILES string of the molecule is CCC1CCCCN1S(=O)(=O)c1cc(C(=O)Nc2cc(Cl)cc(Cl)c2)ccc1F. The Labute approximate surface area is 179 Å². The number of hydrogen-bond acceptors (Lipinski definition) is 3. The van der Waals surface area contributed by atoms with Gasteiger partial charge < -0.3 is 5.32 Å². The Kier molecular flexibility index (Phi) is 6.83. The Hall–Kier alpha value is -1.67. The Morgan fingerprint density at radius 3 is 2.52 bits per heavy atom. The van der Waals surface area contributed by atoms with Crippen molar-refractivity contribution in [1.82, 2.24) is 4.31 Å². The van der Waals surface area contributed by atoms with Crippen LogP contribution < -0.4 is 5.32 Å². The first-order chi connectivity index (χ1) is 13.7. The van der Waals surface area contributed by atoms with Crippen LogP contribution >= 0.6 is 23.2 Å². The lowest BCUT2D eigenvalue weighted by molar-refractivity contribution is 0.102. The zero-order chi connectivity index (χ0) is 21.2. The van der Waals surface area contributed by atoms with Gasteiger partial charge in [0.25, 0.3) is 5.91 Å². The molecule has 2 aromatic rings. The van der Waals surface area contributed by atoms with E-state index in [0.29, 0.717) is 28.7 Å². The van der Waals surface area contributed by atoms with Crippen LogP contribution in [0.15, 0.2) is 41.3 Å². The van der Waals surface area contributed by atoms with Crippen LogP contribution in [-0.4, -0.2) is 31.2 Å². The number of piperidine rings is 1. The first kappa shape index (κ1) is 22.0. The van der Waals surface area contributed by atoms with Gasteiger partial charge in [-0.1, -0.05) is 36.5 Å². The third-order valence-corrected chi connectivity index (χ3v) is 7.35. The number of carbonyl (C=O) groups excluding carboxylic acids is 1. The highest BCUT2D eigenvalue weighted by molar-refractivity contribution is 7.89. The van der Waals surface area contributed by atoms with Crippen LogP contribution in [0, 0.1) is 5.82 Å². The molecule has 156 valence electrons. The zero-order valence-corrected chi connectivity index (χ0v) is 18.1. The lowest BCUT2D eigenvalue weighted by Crippen LogP contribution is -2.43. The van der Waals surface area contributed by atoms with E-state index in [1.807, 2.05) is 6.92 Å². The van der Waals surface area contributed by atoms with Crippen LogP contribution in [0.4, 0.5) is 10.1 Å². The maximum absolute atomic E-state index is 14.5. The summed E-state index contributed by atoms with van der Waals surface area (Å²) >= 11 is 11.9. The summed E-state index contributed by atoms with van der Waals surface area (Å²) in [5.41, 5.74) is 0.370. The largest absolute Gasteiger partial charge is 0.322 e. The Morgan fingerprint density at radius 1 is 1.17 bits per heavy atom.